The topological polar surface area (TPSA) is 35.5 Å². The standard InChI is InChI=1S/C35H50O3/c1-2-37-35(36)26-17-15-13-11-9-7-5-3-4-6-8-10-12-14-16-20-27-38-34-25-21-24-32-28-30-22-18-19-23-31(30)29-33(32)34/h18-19,21-25,28-29H,2-17,20,26-27H2,1H3. The van der Waals surface area contributed by atoms with Crippen LogP contribution < -0.4 is 4.74 Å². The molecule has 0 N–H and O–H groups in total. The molecule has 0 spiro atoms. The van der Waals surface area contributed by atoms with Crippen LogP contribution in [0.1, 0.15) is 116 Å². The largest absolute Gasteiger partial charge is 0.493 e. The van der Waals surface area contributed by atoms with Crippen molar-refractivity contribution in [2.45, 2.75) is 116 Å². The Morgan fingerprint density at radius 3 is 1.66 bits per heavy atom. The monoisotopic (exact) mass is 518 g/mol. The second-order valence-electron chi connectivity index (χ2n) is 10.7. The summed E-state index contributed by atoms with van der Waals surface area (Å²) in [6, 6.07) is 19.4. The van der Waals surface area contributed by atoms with Crippen LogP contribution in [0, 0.1) is 0 Å². The van der Waals surface area contributed by atoms with Crippen molar-refractivity contribution < 1.29 is 14.3 Å². The average molecular weight is 519 g/mol. The van der Waals surface area contributed by atoms with Crippen LogP contribution in [-0.4, -0.2) is 19.2 Å². The minimum atomic E-state index is -0.0380. The summed E-state index contributed by atoms with van der Waals surface area (Å²) < 4.78 is 11.2. The molecular formula is C35H50O3. The minimum absolute atomic E-state index is 0.0380. The molecule has 0 saturated heterocycles. The Balaban J connectivity index is 1.10. The summed E-state index contributed by atoms with van der Waals surface area (Å²) in [5.41, 5.74) is 0. The third kappa shape index (κ3) is 11.5. The zero-order valence-corrected chi connectivity index (χ0v) is 23.9. The Hall–Kier alpha value is -2.55. The fraction of sp³-hybridized carbons (Fsp3) is 0.571. The van der Waals surface area contributed by atoms with E-state index in [1.54, 1.807) is 0 Å². The predicted octanol–water partition coefficient (Wildman–Crippen LogP) is 10.6. The van der Waals surface area contributed by atoms with Gasteiger partial charge in [-0.25, -0.2) is 0 Å². The molecule has 0 fully saturated rings. The number of carbonyl (C=O) groups is 1. The van der Waals surface area contributed by atoms with E-state index in [1.165, 1.54) is 105 Å². The molecule has 0 bridgehead atoms. The molecule has 3 nitrogen and oxygen atoms in total. The average Bonchev–Trinajstić information content (AvgIpc) is 2.93. The van der Waals surface area contributed by atoms with E-state index in [0.717, 1.165) is 31.6 Å². The van der Waals surface area contributed by atoms with Gasteiger partial charge in [-0.3, -0.25) is 4.79 Å². The Morgan fingerprint density at radius 2 is 1.08 bits per heavy atom. The van der Waals surface area contributed by atoms with Crippen molar-refractivity contribution in [3.63, 3.8) is 0 Å². The van der Waals surface area contributed by atoms with Crippen molar-refractivity contribution in [3.05, 3.63) is 54.6 Å². The minimum Gasteiger partial charge on any atom is -0.493 e. The maximum Gasteiger partial charge on any atom is 0.305 e. The smallest absolute Gasteiger partial charge is 0.305 e. The number of benzene rings is 3. The van der Waals surface area contributed by atoms with Crippen molar-refractivity contribution in [2.24, 2.45) is 0 Å². The molecular weight excluding hydrogens is 468 g/mol. The molecule has 0 aliphatic rings. The molecule has 0 radical (unpaired) electrons. The number of fused-ring (bicyclic) bond motifs is 2. The molecule has 0 aliphatic heterocycles. The number of esters is 1. The van der Waals surface area contributed by atoms with Crippen LogP contribution in [0.25, 0.3) is 21.5 Å². The van der Waals surface area contributed by atoms with Gasteiger partial charge >= 0.3 is 5.97 Å². The fourth-order valence-electron chi connectivity index (χ4n) is 5.33. The molecule has 208 valence electrons. The zero-order valence-electron chi connectivity index (χ0n) is 23.9. The summed E-state index contributed by atoms with van der Waals surface area (Å²) in [6.07, 6.45) is 21.4. The Morgan fingerprint density at radius 1 is 0.579 bits per heavy atom. The Bertz CT molecular complexity index is 1060. The first-order valence-corrected chi connectivity index (χ1v) is 15.5. The molecule has 0 unspecified atom stereocenters. The van der Waals surface area contributed by atoms with Crippen molar-refractivity contribution >= 4 is 27.5 Å². The molecule has 3 heteroatoms. The summed E-state index contributed by atoms with van der Waals surface area (Å²) in [5.74, 6) is 0.975. The molecule has 0 amide bonds. The first-order chi connectivity index (χ1) is 18.8. The zero-order chi connectivity index (χ0) is 26.7. The van der Waals surface area contributed by atoms with Gasteiger partial charge in [0, 0.05) is 11.8 Å². The normalized spacial score (nSPS) is 11.3. The van der Waals surface area contributed by atoms with Crippen LogP contribution in [0.4, 0.5) is 0 Å². The predicted molar refractivity (Wildman–Crippen MR) is 162 cm³/mol. The van der Waals surface area contributed by atoms with E-state index in [9.17, 15) is 4.79 Å². The Labute approximate surface area is 231 Å². The first-order valence-electron chi connectivity index (χ1n) is 15.5. The van der Waals surface area contributed by atoms with E-state index < -0.39 is 0 Å². The number of unbranched alkanes of at least 4 members (excludes halogenated alkanes) is 15. The second-order valence-corrected chi connectivity index (χ2v) is 10.7. The fourth-order valence-corrected chi connectivity index (χ4v) is 5.33. The van der Waals surface area contributed by atoms with Gasteiger partial charge in [-0.05, 0) is 54.1 Å². The highest BCUT2D eigenvalue weighted by atomic mass is 16.5. The van der Waals surface area contributed by atoms with Crippen molar-refractivity contribution in [2.75, 3.05) is 13.2 Å². The van der Waals surface area contributed by atoms with Gasteiger partial charge in [0.25, 0.3) is 0 Å². The van der Waals surface area contributed by atoms with Crippen molar-refractivity contribution in [1.29, 1.82) is 0 Å². The maximum absolute atomic E-state index is 11.3. The lowest BCUT2D eigenvalue weighted by Gasteiger charge is -2.10. The van der Waals surface area contributed by atoms with E-state index >= 15 is 0 Å². The van der Waals surface area contributed by atoms with E-state index in [-0.39, 0.29) is 5.97 Å². The summed E-state index contributed by atoms with van der Waals surface area (Å²) in [6.45, 7) is 3.17. The summed E-state index contributed by atoms with van der Waals surface area (Å²) >= 11 is 0. The van der Waals surface area contributed by atoms with E-state index in [1.807, 2.05) is 6.92 Å². The van der Waals surface area contributed by atoms with Gasteiger partial charge in [0.1, 0.15) is 5.75 Å². The van der Waals surface area contributed by atoms with E-state index in [0.29, 0.717) is 13.0 Å². The number of ether oxygens (including phenoxy) is 2. The van der Waals surface area contributed by atoms with Gasteiger partial charge in [-0.15, -0.1) is 0 Å². The van der Waals surface area contributed by atoms with Crippen LogP contribution >= 0.6 is 0 Å². The SMILES string of the molecule is CCOC(=O)CCCCCCCCCCCCCCCCCCOc1cccc2cc3ccccc3cc12. The molecule has 38 heavy (non-hydrogen) atoms. The molecule has 3 aromatic rings. The van der Waals surface area contributed by atoms with Gasteiger partial charge in [-0.1, -0.05) is 126 Å². The van der Waals surface area contributed by atoms with Crippen LogP contribution in [0.5, 0.6) is 5.75 Å². The summed E-state index contributed by atoms with van der Waals surface area (Å²) in [7, 11) is 0. The molecule has 0 aliphatic carbocycles. The number of hydrogen-bond donors (Lipinski definition) is 0. The number of rotatable bonds is 21. The highest BCUT2D eigenvalue weighted by Gasteiger charge is 2.04. The third-order valence-corrected chi connectivity index (χ3v) is 7.54. The number of carbonyl (C=O) groups excluding carboxylic acids is 1. The molecule has 0 atom stereocenters. The molecule has 0 saturated carbocycles. The van der Waals surface area contributed by atoms with E-state index in [4.69, 9.17) is 9.47 Å². The van der Waals surface area contributed by atoms with Crippen LogP contribution in [-0.2, 0) is 9.53 Å². The highest BCUT2D eigenvalue weighted by molar-refractivity contribution is 6.00. The highest BCUT2D eigenvalue weighted by Crippen LogP contribution is 2.30. The van der Waals surface area contributed by atoms with E-state index in [2.05, 4.69) is 54.6 Å². The molecule has 3 rings (SSSR count). The third-order valence-electron chi connectivity index (χ3n) is 7.54. The van der Waals surface area contributed by atoms with Gasteiger partial charge < -0.3 is 9.47 Å². The summed E-state index contributed by atoms with van der Waals surface area (Å²) in [5, 5.41) is 5.02. The van der Waals surface area contributed by atoms with Crippen LogP contribution in [0.3, 0.4) is 0 Å². The lowest BCUT2D eigenvalue weighted by atomic mass is 10.0. The van der Waals surface area contributed by atoms with Gasteiger partial charge in [0.05, 0.1) is 13.2 Å². The quantitative estimate of drug-likeness (QED) is 0.0799. The molecule has 0 aromatic heterocycles. The van der Waals surface area contributed by atoms with Gasteiger partial charge in [-0.2, -0.15) is 0 Å². The van der Waals surface area contributed by atoms with Gasteiger partial charge in [0.15, 0.2) is 0 Å². The second kappa shape index (κ2) is 18.7. The molecule has 3 aromatic carbocycles. The molecule has 0 heterocycles. The Kier molecular flexibility index (Phi) is 14.7. The lowest BCUT2D eigenvalue weighted by molar-refractivity contribution is -0.143. The van der Waals surface area contributed by atoms with Crippen LogP contribution in [0.15, 0.2) is 54.6 Å². The first kappa shape index (κ1) is 30.0. The van der Waals surface area contributed by atoms with Crippen molar-refractivity contribution in [1.82, 2.24) is 0 Å². The van der Waals surface area contributed by atoms with Gasteiger partial charge in [0.2, 0.25) is 0 Å². The van der Waals surface area contributed by atoms with Crippen molar-refractivity contribution in [3.8, 4) is 5.75 Å². The maximum atomic E-state index is 11.3. The number of hydrogen-bond acceptors (Lipinski definition) is 3. The lowest BCUT2D eigenvalue weighted by Crippen LogP contribution is -2.03. The summed E-state index contributed by atoms with van der Waals surface area (Å²) in [4.78, 5) is 11.3. The van der Waals surface area contributed by atoms with Crippen LogP contribution in [0.2, 0.25) is 0 Å².